The van der Waals surface area contributed by atoms with Gasteiger partial charge < -0.3 is 14.9 Å². The summed E-state index contributed by atoms with van der Waals surface area (Å²) in [4.78, 5) is 0. The average molecular weight is 288 g/mol. The van der Waals surface area contributed by atoms with Gasteiger partial charge in [-0.3, -0.25) is 0 Å². The first-order chi connectivity index (χ1) is 9.95. The maximum absolute atomic E-state index is 10.9. The van der Waals surface area contributed by atoms with Crippen molar-refractivity contribution < 1.29 is 14.9 Å². The van der Waals surface area contributed by atoms with Crippen molar-refractivity contribution >= 4 is 0 Å². The molecule has 1 aromatic carbocycles. The van der Waals surface area contributed by atoms with Gasteiger partial charge in [0, 0.05) is 12.0 Å². The maximum atomic E-state index is 10.9. The standard InChI is InChI=1S/C18H24O3/c1-17(2)12-9-14-15(11-3-5-13(19)6-4-11)21-8-7-18(14,10-12)16(17)20/h3-6,12,14-16,19-20H,7-10H2,1-2H3/t12-,14-,15-,16-,18?/m1/s1. The molecule has 21 heavy (non-hydrogen) atoms. The molecule has 1 aliphatic heterocycles. The van der Waals surface area contributed by atoms with Crippen LogP contribution in [0.1, 0.15) is 44.8 Å². The molecule has 114 valence electrons. The first-order valence-electron chi connectivity index (χ1n) is 8.04. The fraction of sp³-hybridized carbons (Fsp3) is 0.667. The Morgan fingerprint density at radius 2 is 1.90 bits per heavy atom. The van der Waals surface area contributed by atoms with E-state index in [0.29, 0.717) is 17.6 Å². The predicted molar refractivity (Wildman–Crippen MR) is 79.9 cm³/mol. The van der Waals surface area contributed by atoms with E-state index in [1.807, 2.05) is 12.1 Å². The summed E-state index contributed by atoms with van der Waals surface area (Å²) in [6.45, 7) is 5.17. The minimum Gasteiger partial charge on any atom is -0.508 e. The second-order valence-corrected chi connectivity index (χ2v) is 7.83. The number of ether oxygens (including phenoxy) is 1. The zero-order chi connectivity index (χ0) is 14.8. The van der Waals surface area contributed by atoms with E-state index in [0.717, 1.165) is 31.4 Å². The van der Waals surface area contributed by atoms with Crippen LogP contribution >= 0.6 is 0 Å². The number of rotatable bonds is 1. The van der Waals surface area contributed by atoms with Gasteiger partial charge in [0.1, 0.15) is 5.75 Å². The second kappa shape index (κ2) is 4.23. The Bertz CT molecular complexity index is 550. The van der Waals surface area contributed by atoms with Crippen molar-refractivity contribution in [3.8, 4) is 5.75 Å². The topological polar surface area (TPSA) is 49.7 Å². The lowest BCUT2D eigenvalue weighted by Crippen LogP contribution is -2.51. The molecule has 1 unspecified atom stereocenters. The van der Waals surface area contributed by atoms with Crippen molar-refractivity contribution in [1.82, 2.24) is 0 Å². The summed E-state index contributed by atoms with van der Waals surface area (Å²) in [5, 5.41) is 20.4. The Kier molecular flexibility index (Phi) is 2.74. The van der Waals surface area contributed by atoms with E-state index in [1.54, 1.807) is 12.1 Å². The molecule has 2 N–H and O–H groups in total. The number of aliphatic hydroxyl groups excluding tert-OH is 1. The Hall–Kier alpha value is -1.06. The fourth-order valence-corrected chi connectivity index (χ4v) is 5.41. The number of fused-ring (bicyclic) bond motifs is 1. The normalized spacial score (nSPS) is 43.8. The van der Waals surface area contributed by atoms with Gasteiger partial charge in [0.2, 0.25) is 0 Å². The van der Waals surface area contributed by atoms with Crippen LogP contribution in [0.4, 0.5) is 0 Å². The predicted octanol–water partition coefficient (Wildman–Crippen LogP) is 3.27. The molecule has 0 aromatic heterocycles. The van der Waals surface area contributed by atoms with Crippen molar-refractivity contribution in [2.24, 2.45) is 22.7 Å². The molecule has 1 heterocycles. The molecule has 5 atom stereocenters. The highest BCUT2D eigenvalue weighted by molar-refractivity contribution is 5.30. The third-order valence-corrected chi connectivity index (χ3v) is 6.66. The number of phenolic OH excluding ortho intramolecular Hbond substituents is 1. The lowest BCUT2D eigenvalue weighted by molar-refractivity contribution is -0.164. The van der Waals surface area contributed by atoms with Crippen LogP contribution in [-0.4, -0.2) is 22.9 Å². The molecule has 0 amide bonds. The summed E-state index contributed by atoms with van der Waals surface area (Å²) < 4.78 is 6.09. The SMILES string of the molecule is CC1(C)[C@@H]2C[C@@H]3[C@@H](c4ccc(O)cc4)OCCC3(C2)[C@@H]1O. The van der Waals surface area contributed by atoms with E-state index in [1.165, 1.54) is 0 Å². The molecule has 1 aromatic rings. The van der Waals surface area contributed by atoms with Gasteiger partial charge in [-0.2, -0.15) is 0 Å². The van der Waals surface area contributed by atoms with Crippen LogP contribution in [0.5, 0.6) is 5.75 Å². The van der Waals surface area contributed by atoms with Crippen molar-refractivity contribution in [2.45, 2.75) is 45.3 Å². The largest absolute Gasteiger partial charge is 0.508 e. The van der Waals surface area contributed by atoms with Crippen molar-refractivity contribution in [2.75, 3.05) is 6.61 Å². The van der Waals surface area contributed by atoms with Crippen LogP contribution in [0.15, 0.2) is 24.3 Å². The van der Waals surface area contributed by atoms with Gasteiger partial charge in [-0.25, -0.2) is 0 Å². The molecule has 4 rings (SSSR count). The molecule has 3 heteroatoms. The molecular weight excluding hydrogens is 264 g/mol. The Labute approximate surface area is 125 Å². The molecule has 3 fully saturated rings. The molecule has 2 aliphatic carbocycles. The molecular formula is C18H24O3. The molecule has 3 aliphatic rings. The first-order valence-corrected chi connectivity index (χ1v) is 8.04. The van der Waals surface area contributed by atoms with E-state index < -0.39 is 0 Å². The monoisotopic (exact) mass is 288 g/mol. The minimum atomic E-state index is -0.225. The van der Waals surface area contributed by atoms with Crippen molar-refractivity contribution in [1.29, 1.82) is 0 Å². The molecule has 0 radical (unpaired) electrons. The van der Waals surface area contributed by atoms with E-state index in [4.69, 9.17) is 4.74 Å². The number of benzene rings is 1. The van der Waals surface area contributed by atoms with Crippen LogP contribution in [0.25, 0.3) is 0 Å². The molecule has 2 bridgehead atoms. The van der Waals surface area contributed by atoms with Gasteiger partial charge >= 0.3 is 0 Å². The summed E-state index contributed by atoms with van der Waals surface area (Å²) in [5.74, 6) is 1.29. The minimum absolute atomic E-state index is 0.0351. The molecule has 3 nitrogen and oxygen atoms in total. The summed E-state index contributed by atoms with van der Waals surface area (Å²) in [6, 6.07) is 7.38. The van der Waals surface area contributed by atoms with Crippen LogP contribution in [-0.2, 0) is 4.74 Å². The van der Waals surface area contributed by atoms with Gasteiger partial charge in [-0.05, 0) is 54.2 Å². The van der Waals surface area contributed by atoms with E-state index in [-0.39, 0.29) is 23.0 Å². The lowest BCUT2D eigenvalue weighted by Gasteiger charge is -2.51. The van der Waals surface area contributed by atoms with Crippen molar-refractivity contribution in [3.05, 3.63) is 29.8 Å². The van der Waals surface area contributed by atoms with Gasteiger partial charge in [0.05, 0.1) is 12.2 Å². The fourth-order valence-electron chi connectivity index (χ4n) is 5.41. The Morgan fingerprint density at radius 1 is 1.19 bits per heavy atom. The van der Waals surface area contributed by atoms with Gasteiger partial charge in [-0.15, -0.1) is 0 Å². The third-order valence-electron chi connectivity index (χ3n) is 6.66. The highest BCUT2D eigenvalue weighted by Crippen LogP contribution is 2.70. The summed E-state index contributed by atoms with van der Waals surface area (Å²) >= 11 is 0. The highest BCUT2D eigenvalue weighted by Gasteiger charge is 2.67. The van der Waals surface area contributed by atoms with Crippen LogP contribution in [0.2, 0.25) is 0 Å². The Balaban J connectivity index is 1.70. The number of hydrogen-bond donors (Lipinski definition) is 2. The summed E-state index contributed by atoms with van der Waals surface area (Å²) in [7, 11) is 0. The second-order valence-electron chi connectivity index (χ2n) is 7.83. The molecule has 2 saturated carbocycles. The van der Waals surface area contributed by atoms with Gasteiger partial charge in [-0.1, -0.05) is 26.0 Å². The maximum Gasteiger partial charge on any atom is 0.115 e. The number of aliphatic hydroxyl groups is 1. The average Bonchev–Trinajstić information content (AvgIpc) is 2.94. The number of hydrogen-bond acceptors (Lipinski definition) is 3. The highest BCUT2D eigenvalue weighted by atomic mass is 16.5. The van der Waals surface area contributed by atoms with Crippen LogP contribution < -0.4 is 0 Å². The smallest absolute Gasteiger partial charge is 0.115 e. The zero-order valence-corrected chi connectivity index (χ0v) is 12.7. The van der Waals surface area contributed by atoms with Crippen LogP contribution in [0.3, 0.4) is 0 Å². The molecule has 1 spiro atoms. The van der Waals surface area contributed by atoms with E-state index in [2.05, 4.69) is 13.8 Å². The number of aromatic hydroxyl groups is 1. The zero-order valence-electron chi connectivity index (χ0n) is 12.7. The lowest BCUT2D eigenvalue weighted by atomic mass is 9.60. The summed E-state index contributed by atoms with van der Waals surface area (Å²) in [6.07, 6.45) is 3.11. The van der Waals surface area contributed by atoms with E-state index >= 15 is 0 Å². The van der Waals surface area contributed by atoms with E-state index in [9.17, 15) is 10.2 Å². The number of phenols is 1. The quantitative estimate of drug-likeness (QED) is 0.834. The van der Waals surface area contributed by atoms with Gasteiger partial charge in [0.25, 0.3) is 0 Å². The Morgan fingerprint density at radius 3 is 2.57 bits per heavy atom. The first kappa shape index (κ1) is 13.6. The third kappa shape index (κ3) is 1.68. The van der Waals surface area contributed by atoms with Crippen LogP contribution in [0, 0.1) is 22.7 Å². The van der Waals surface area contributed by atoms with Gasteiger partial charge in [0.15, 0.2) is 0 Å². The van der Waals surface area contributed by atoms with Crippen molar-refractivity contribution in [3.63, 3.8) is 0 Å². The molecule has 1 saturated heterocycles. The summed E-state index contributed by atoms with van der Waals surface area (Å²) in [5.41, 5.74) is 1.21.